The van der Waals surface area contributed by atoms with E-state index in [-0.39, 0.29) is 0 Å². The Kier molecular flexibility index (Phi) is 17.8. The standard InChI is InChI=1S/C16H34O6S4/c1-17-15(18-2,19-3)11-7-9-13-23-25-26-24-14-10-8-12-16(20-4,21-5)22-6/h7-14H2,1-6H3. The van der Waals surface area contributed by atoms with Crippen LogP contribution in [0, 0.1) is 0 Å². The summed E-state index contributed by atoms with van der Waals surface area (Å²) in [5, 5.41) is 0. The fourth-order valence-electron chi connectivity index (χ4n) is 2.22. The number of unbranched alkanes of at least 4 members (excludes halogenated alkanes) is 2. The Morgan fingerprint density at radius 1 is 0.500 bits per heavy atom. The minimum absolute atomic E-state index is 0.732. The molecule has 0 heterocycles. The Morgan fingerprint density at radius 2 is 0.808 bits per heavy atom. The second-order valence-electron chi connectivity index (χ2n) is 5.29. The minimum Gasteiger partial charge on any atom is -0.331 e. The molecule has 0 N–H and O–H groups in total. The summed E-state index contributed by atoms with van der Waals surface area (Å²) in [6.07, 6.45) is 5.68. The Hall–Kier alpha value is 1.16. The molecule has 0 atom stereocenters. The molecule has 0 aromatic carbocycles. The molecule has 158 valence electrons. The molecule has 0 radical (unpaired) electrons. The van der Waals surface area contributed by atoms with Gasteiger partial charge in [0, 0.05) is 67.0 Å². The Labute approximate surface area is 174 Å². The van der Waals surface area contributed by atoms with Gasteiger partial charge in [-0.05, 0) is 45.3 Å². The lowest BCUT2D eigenvalue weighted by molar-refractivity contribution is -0.355. The van der Waals surface area contributed by atoms with E-state index in [2.05, 4.69) is 0 Å². The monoisotopic (exact) mass is 450 g/mol. The lowest BCUT2D eigenvalue weighted by Gasteiger charge is -2.28. The lowest BCUT2D eigenvalue weighted by atomic mass is 10.2. The van der Waals surface area contributed by atoms with Crippen LogP contribution in [0.2, 0.25) is 0 Å². The Morgan fingerprint density at radius 3 is 1.08 bits per heavy atom. The van der Waals surface area contributed by atoms with Crippen LogP contribution < -0.4 is 0 Å². The molecule has 0 spiro atoms. The van der Waals surface area contributed by atoms with Gasteiger partial charge in [-0.2, -0.15) is 0 Å². The average molecular weight is 451 g/mol. The van der Waals surface area contributed by atoms with E-state index in [0.717, 1.165) is 50.0 Å². The van der Waals surface area contributed by atoms with E-state index in [1.54, 1.807) is 42.7 Å². The van der Waals surface area contributed by atoms with E-state index >= 15 is 0 Å². The molecule has 0 fully saturated rings. The summed E-state index contributed by atoms with van der Waals surface area (Å²) >= 11 is 0. The van der Waals surface area contributed by atoms with Crippen LogP contribution in [0.4, 0.5) is 0 Å². The zero-order valence-corrected chi connectivity index (χ0v) is 20.0. The highest BCUT2D eigenvalue weighted by Crippen LogP contribution is 2.43. The van der Waals surface area contributed by atoms with Gasteiger partial charge in [-0.25, -0.2) is 0 Å². The van der Waals surface area contributed by atoms with Crippen LogP contribution in [-0.2, 0) is 28.4 Å². The highest BCUT2D eigenvalue weighted by molar-refractivity contribution is 9.26. The third kappa shape index (κ3) is 11.2. The SMILES string of the molecule is COC(CCCCSSSSCCCCC(OC)(OC)OC)(OC)OC. The van der Waals surface area contributed by atoms with Gasteiger partial charge in [0.2, 0.25) is 0 Å². The van der Waals surface area contributed by atoms with Crippen molar-refractivity contribution in [3.8, 4) is 0 Å². The molecule has 0 bridgehead atoms. The Bertz CT molecular complexity index is 271. The largest absolute Gasteiger partial charge is 0.331 e. The van der Waals surface area contributed by atoms with Gasteiger partial charge >= 0.3 is 0 Å². The maximum absolute atomic E-state index is 5.28. The fraction of sp³-hybridized carbons (Fsp3) is 1.00. The van der Waals surface area contributed by atoms with Gasteiger partial charge in [0.15, 0.2) is 0 Å². The van der Waals surface area contributed by atoms with Crippen molar-refractivity contribution < 1.29 is 28.4 Å². The van der Waals surface area contributed by atoms with Crippen LogP contribution in [0.5, 0.6) is 0 Å². The summed E-state index contributed by atoms with van der Waals surface area (Å²) < 4.78 is 31.7. The van der Waals surface area contributed by atoms with Crippen molar-refractivity contribution >= 4 is 41.2 Å². The number of hydrogen-bond donors (Lipinski definition) is 0. The normalized spacial score (nSPS) is 12.7. The van der Waals surface area contributed by atoms with Crippen molar-refractivity contribution in [2.45, 2.75) is 50.5 Å². The van der Waals surface area contributed by atoms with Crippen LogP contribution in [0.15, 0.2) is 0 Å². The molecule has 0 aromatic rings. The summed E-state index contributed by atoms with van der Waals surface area (Å²) in [7, 11) is 17.0. The quantitative estimate of drug-likeness (QED) is 0.149. The van der Waals surface area contributed by atoms with Crippen molar-refractivity contribution in [2.75, 3.05) is 54.2 Å². The first-order valence-electron chi connectivity index (χ1n) is 8.46. The van der Waals surface area contributed by atoms with Crippen molar-refractivity contribution in [3.63, 3.8) is 0 Å². The van der Waals surface area contributed by atoms with Crippen LogP contribution in [0.25, 0.3) is 0 Å². The van der Waals surface area contributed by atoms with Crippen molar-refractivity contribution in [2.24, 2.45) is 0 Å². The second kappa shape index (κ2) is 17.1. The first-order valence-corrected chi connectivity index (χ1v) is 13.6. The molecule has 0 aliphatic carbocycles. The molecular weight excluding hydrogens is 416 g/mol. The maximum atomic E-state index is 5.28. The summed E-state index contributed by atoms with van der Waals surface area (Å²) in [5.41, 5.74) is 0. The van der Waals surface area contributed by atoms with E-state index in [9.17, 15) is 0 Å². The zero-order chi connectivity index (χ0) is 19.7. The topological polar surface area (TPSA) is 55.4 Å². The van der Waals surface area contributed by atoms with Crippen molar-refractivity contribution in [3.05, 3.63) is 0 Å². The molecule has 0 saturated heterocycles. The van der Waals surface area contributed by atoms with E-state index in [4.69, 9.17) is 28.4 Å². The number of ether oxygens (including phenoxy) is 6. The number of rotatable bonds is 19. The first-order chi connectivity index (χ1) is 12.6. The highest BCUT2D eigenvalue weighted by atomic mass is 33.7. The van der Waals surface area contributed by atoms with Gasteiger partial charge in [0.1, 0.15) is 0 Å². The maximum Gasteiger partial charge on any atom is 0.282 e. The molecule has 0 saturated carbocycles. The summed E-state index contributed by atoms with van der Waals surface area (Å²) in [4.78, 5) is 0. The van der Waals surface area contributed by atoms with E-state index in [1.165, 1.54) is 0 Å². The third-order valence-electron chi connectivity index (χ3n) is 3.91. The highest BCUT2D eigenvalue weighted by Gasteiger charge is 2.29. The van der Waals surface area contributed by atoms with Gasteiger partial charge in [0.25, 0.3) is 11.9 Å². The molecule has 0 aliphatic rings. The number of hydrogen-bond acceptors (Lipinski definition) is 10. The molecular formula is C16H34O6S4. The summed E-state index contributed by atoms with van der Waals surface area (Å²) in [6.45, 7) is 0. The smallest absolute Gasteiger partial charge is 0.282 e. The van der Waals surface area contributed by atoms with E-state index in [0.29, 0.717) is 0 Å². The Balaban J connectivity index is 3.50. The summed E-state index contributed by atoms with van der Waals surface area (Å²) in [6, 6.07) is 0. The van der Waals surface area contributed by atoms with Crippen LogP contribution in [-0.4, -0.2) is 66.1 Å². The molecule has 6 nitrogen and oxygen atoms in total. The molecule has 26 heavy (non-hydrogen) atoms. The second-order valence-corrected chi connectivity index (χ2v) is 11.5. The fourth-order valence-corrected chi connectivity index (χ4v) is 8.49. The minimum atomic E-state index is -0.894. The van der Waals surface area contributed by atoms with Crippen molar-refractivity contribution in [1.82, 2.24) is 0 Å². The van der Waals surface area contributed by atoms with Crippen LogP contribution >= 0.6 is 41.2 Å². The van der Waals surface area contributed by atoms with Crippen molar-refractivity contribution in [1.29, 1.82) is 0 Å². The predicted octanol–water partition coefficient (Wildman–Crippen LogP) is 5.19. The zero-order valence-electron chi connectivity index (χ0n) is 16.7. The van der Waals surface area contributed by atoms with Gasteiger partial charge in [-0.15, -0.1) is 0 Å². The van der Waals surface area contributed by atoms with Gasteiger partial charge < -0.3 is 28.4 Å². The van der Waals surface area contributed by atoms with Crippen LogP contribution in [0.3, 0.4) is 0 Å². The van der Waals surface area contributed by atoms with Gasteiger partial charge in [0.05, 0.1) is 0 Å². The molecule has 0 rings (SSSR count). The van der Waals surface area contributed by atoms with Gasteiger partial charge in [-0.3, -0.25) is 0 Å². The number of methoxy groups -OCH3 is 6. The molecule has 0 aromatic heterocycles. The molecule has 0 unspecified atom stereocenters. The van der Waals surface area contributed by atoms with Crippen LogP contribution in [0.1, 0.15) is 38.5 Å². The first kappa shape index (κ1) is 27.2. The third-order valence-corrected chi connectivity index (χ3v) is 10.5. The summed E-state index contributed by atoms with van der Waals surface area (Å²) in [5.74, 6) is 0.413. The average Bonchev–Trinajstić information content (AvgIpc) is 2.69. The molecule has 0 aliphatic heterocycles. The predicted molar refractivity (Wildman–Crippen MR) is 115 cm³/mol. The molecule has 0 amide bonds. The lowest BCUT2D eigenvalue weighted by Crippen LogP contribution is -2.35. The molecule has 10 heteroatoms. The van der Waals surface area contributed by atoms with Gasteiger partial charge in [-0.1, -0.05) is 21.6 Å². The van der Waals surface area contributed by atoms with E-state index < -0.39 is 11.9 Å². The van der Waals surface area contributed by atoms with E-state index in [1.807, 2.05) is 41.2 Å².